The number of hydrogen-bond acceptors (Lipinski definition) is 0. The first-order valence-electron chi connectivity index (χ1n) is 21.3. The van der Waals surface area contributed by atoms with E-state index >= 15 is 35.1 Å². The zero-order chi connectivity index (χ0) is 54.5. The van der Waals surface area contributed by atoms with Crippen LogP contribution in [-0.2, 0) is 6.16 Å². The molecule has 8 rings (SSSR count). The summed E-state index contributed by atoms with van der Waals surface area (Å²) in [6.45, 7) is 4.51. The van der Waals surface area contributed by atoms with Crippen molar-refractivity contribution in [2.75, 3.05) is 0 Å². The lowest BCUT2D eigenvalue weighted by Gasteiger charge is -2.44. The van der Waals surface area contributed by atoms with E-state index in [0.29, 0.717) is 5.92 Å². The van der Waals surface area contributed by atoms with Crippen LogP contribution in [0.1, 0.15) is 30.9 Å². The molecule has 0 saturated heterocycles. The lowest BCUT2D eigenvalue weighted by molar-refractivity contribution is 0.378. The smallest absolute Gasteiger partial charge is 0.200 e. The van der Waals surface area contributed by atoms with Gasteiger partial charge in [-0.1, -0.05) is 92.7 Å². The van der Waals surface area contributed by atoms with E-state index in [1.807, 2.05) is 0 Å². The van der Waals surface area contributed by atoms with Crippen molar-refractivity contribution < 1.29 is 87.8 Å². The van der Waals surface area contributed by atoms with Crippen LogP contribution in [0.25, 0.3) is 0 Å². The maximum atomic E-state index is 15.4. The minimum absolute atomic E-state index is 0.556. The van der Waals surface area contributed by atoms with Crippen LogP contribution in [0.4, 0.5) is 87.8 Å². The third-order valence-corrected chi connectivity index (χ3v) is 16.7. The molecule has 0 fully saturated rings. The highest BCUT2D eigenvalue weighted by Crippen LogP contribution is 2.58. The second kappa shape index (κ2) is 21.0. The minimum atomic E-state index is -7.22. The number of benzene rings is 8. The Kier molecular flexibility index (Phi) is 15.5. The van der Waals surface area contributed by atoms with Gasteiger partial charge < -0.3 is 0 Å². The molecule has 0 N–H and O–H groups in total. The molecule has 0 amide bonds. The molecule has 74 heavy (non-hydrogen) atoms. The van der Waals surface area contributed by atoms with Gasteiger partial charge in [-0.3, -0.25) is 0 Å². The lowest BCUT2D eigenvalue weighted by atomic mass is 9.12. The van der Waals surface area contributed by atoms with Gasteiger partial charge in [-0.25, -0.2) is 87.8 Å². The quantitative estimate of drug-likeness (QED) is 0.0421. The van der Waals surface area contributed by atoms with Crippen molar-refractivity contribution in [3.63, 3.8) is 0 Å². The summed E-state index contributed by atoms with van der Waals surface area (Å²) in [6, 6.07) is 42.6. The average molecular weight is 1070 g/mol. The van der Waals surface area contributed by atoms with Crippen LogP contribution >= 0.6 is 7.26 Å². The van der Waals surface area contributed by atoms with Gasteiger partial charge in [0.15, 0.2) is 69.8 Å². The Balaban J connectivity index is 0.000000237. The molecule has 0 aromatic heterocycles. The van der Waals surface area contributed by atoms with Gasteiger partial charge in [0.05, 0.1) is 6.16 Å². The van der Waals surface area contributed by atoms with Crippen molar-refractivity contribution in [1.82, 2.24) is 0 Å². The van der Waals surface area contributed by atoms with E-state index in [4.69, 9.17) is 0 Å². The van der Waals surface area contributed by atoms with Gasteiger partial charge in [-0.2, -0.15) is 0 Å². The maximum Gasteiger partial charge on any atom is 0.200 e. The molecule has 8 aromatic carbocycles. The molecule has 0 atom stereocenters. The van der Waals surface area contributed by atoms with Crippen molar-refractivity contribution >= 4 is 51.2 Å². The molecule has 8 aromatic rings. The Bertz CT molecular complexity index is 2950. The fraction of sp³-hybridized carbons (Fsp3) is 0.0769. The third kappa shape index (κ3) is 8.75. The van der Waals surface area contributed by atoms with Crippen LogP contribution in [-0.4, -0.2) is 6.15 Å². The highest BCUT2D eigenvalue weighted by atomic mass is 31.2. The molecule has 0 aliphatic heterocycles. The fourth-order valence-corrected chi connectivity index (χ4v) is 13.2. The topological polar surface area (TPSA) is 0 Å². The molecular weight excluding hydrogens is 1050 g/mol. The largest absolute Gasteiger partial charge is 0.207 e. The van der Waals surface area contributed by atoms with Gasteiger partial charge in [-0.15, -0.1) is 21.9 Å². The Hall–Kier alpha value is -7.15. The normalized spacial score (nSPS) is 11.8. The predicted octanol–water partition coefficient (Wildman–Crippen LogP) is 12.2. The maximum absolute atomic E-state index is 15.4. The summed E-state index contributed by atoms with van der Waals surface area (Å²) in [5.41, 5.74) is -11.5. The predicted molar refractivity (Wildman–Crippen MR) is 239 cm³/mol. The molecule has 22 heteroatoms. The number of halogens is 20. The molecule has 0 aliphatic rings. The minimum Gasteiger partial charge on any atom is -0.207 e. The first-order chi connectivity index (χ1) is 34.9. The Morgan fingerprint density at radius 3 is 0.689 bits per heavy atom. The molecule has 0 aliphatic carbocycles. The van der Waals surface area contributed by atoms with Crippen LogP contribution in [0, 0.1) is 116 Å². The van der Waals surface area contributed by atoms with E-state index < -0.39 is 152 Å². The van der Waals surface area contributed by atoms with Gasteiger partial charge in [0.1, 0.15) is 75.9 Å². The van der Waals surface area contributed by atoms with Gasteiger partial charge in [0.25, 0.3) is 0 Å². The fourth-order valence-electron chi connectivity index (χ4n) is 8.92. The zero-order valence-corrected chi connectivity index (χ0v) is 38.2. The highest BCUT2D eigenvalue weighted by molar-refractivity contribution is 7.95. The molecular formula is C52H28BF20P. The van der Waals surface area contributed by atoms with E-state index in [-0.39, 0.29) is 0 Å². The second-order valence-corrected chi connectivity index (χ2v) is 20.2. The van der Waals surface area contributed by atoms with Crippen LogP contribution < -0.4 is 37.8 Å². The van der Waals surface area contributed by atoms with Crippen molar-refractivity contribution in [3.8, 4) is 0 Å². The number of rotatable bonds is 10. The lowest BCUT2D eigenvalue weighted by Crippen LogP contribution is -2.81. The summed E-state index contributed by atoms with van der Waals surface area (Å²) in [4.78, 5) is 0. The molecule has 0 saturated carbocycles. The summed E-state index contributed by atoms with van der Waals surface area (Å²) in [5.74, 6) is -70.8. The van der Waals surface area contributed by atoms with Crippen LogP contribution in [0.3, 0.4) is 0 Å². The highest BCUT2D eigenvalue weighted by Gasteiger charge is 2.52. The Morgan fingerprint density at radius 2 is 0.486 bits per heavy atom. The average Bonchev–Trinajstić information content (AvgIpc) is 3.41. The summed E-state index contributed by atoms with van der Waals surface area (Å²) in [7, 11) is -1.81. The molecule has 0 unspecified atom stereocenters. The van der Waals surface area contributed by atoms with E-state index in [1.165, 1.54) is 27.0 Å². The van der Waals surface area contributed by atoms with Crippen LogP contribution in [0.5, 0.6) is 0 Å². The standard InChI is InChI=1S/C28H28P.C24BF20/c1-23(2)25-20-18-24(19-21-25)22-29(26-12-6-3-7-13-26,27-14-8-4-9-15-27)28-16-10-5-11-17-28;26-5-1(6(27)14(35)21(42)13(5)34)25(2-7(28)15(36)22(43)16(37)8(2)29,3-9(30)17(38)23(44)18(39)10(3)31)4-11(32)19(40)24(45)20(41)12(4)33/h3-21,23H,22H2,1-2H3;/q+1;-1. The molecule has 384 valence electrons. The Morgan fingerprint density at radius 1 is 0.284 bits per heavy atom. The summed E-state index contributed by atoms with van der Waals surface area (Å²) in [5, 5.41) is 4.31. The van der Waals surface area contributed by atoms with Crippen LogP contribution in [0.2, 0.25) is 0 Å². The molecule has 0 bridgehead atoms. The monoisotopic (exact) mass is 1070 g/mol. The van der Waals surface area contributed by atoms with Crippen molar-refractivity contribution in [2.24, 2.45) is 0 Å². The zero-order valence-electron chi connectivity index (χ0n) is 37.3. The number of hydrogen-bond donors (Lipinski definition) is 0. The molecule has 0 radical (unpaired) electrons. The van der Waals surface area contributed by atoms with Crippen molar-refractivity contribution in [2.45, 2.75) is 25.9 Å². The van der Waals surface area contributed by atoms with Gasteiger partial charge in [0.2, 0.25) is 0 Å². The second-order valence-electron chi connectivity index (χ2n) is 16.7. The summed E-state index contributed by atoms with van der Waals surface area (Å²) >= 11 is 0. The van der Waals surface area contributed by atoms with E-state index in [2.05, 4.69) is 129 Å². The first-order valence-corrected chi connectivity index (χ1v) is 23.2. The van der Waals surface area contributed by atoms with Crippen LogP contribution in [0.15, 0.2) is 115 Å². The van der Waals surface area contributed by atoms with Gasteiger partial charge in [-0.05, 0) is 53.4 Å². The van der Waals surface area contributed by atoms with E-state index in [1.54, 1.807) is 0 Å². The van der Waals surface area contributed by atoms with Gasteiger partial charge in [0, 0.05) is 0 Å². The first kappa shape index (κ1) is 54.6. The molecule has 0 heterocycles. The summed E-state index contributed by atoms with van der Waals surface area (Å²) in [6.07, 6.45) is -6.19. The van der Waals surface area contributed by atoms with E-state index in [9.17, 15) is 52.7 Å². The van der Waals surface area contributed by atoms with Crippen molar-refractivity contribution in [3.05, 3.63) is 243 Å². The van der Waals surface area contributed by atoms with Gasteiger partial charge >= 0.3 is 0 Å². The Labute approximate surface area is 406 Å². The summed E-state index contributed by atoms with van der Waals surface area (Å²) < 4.78 is 294. The molecule has 0 spiro atoms. The van der Waals surface area contributed by atoms with Crippen molar-refractivity contribution in [1.29, 1.82) is 0 Å². The molecule has 0 nitrogen and oxygen atoms in total. The van der Waals surface area contributed by atoms with E-state index in [0.717, 1.165) is 6.16 Å². The third-order valence-electron chi connectivity index (χ3n) is 12.4. The SMILES string of the molecule is CC(C)c1ccc(C[P+](c2ccccc2)(c2ccccc2)c2ccccc2)cc1.Fc1c(F)c(F)c([B-](c2c(F)c(F)c(F)c(F)c2F)(c2c(F)c(F)c(F)c(F)c2F)c2c(F)c(F)c(F)c(F)c2F)c(F)c1F.